The highest BCUT2D eigenvalue weighted by atomic mass is 31.2. The molecular formula is C34H39N2O10P. The maximum Gasteiger partial charge on any atom is 0.527 e. The molecule has 3 N–H and O–H groups in total. The number of methoxy groups -OCH3 is 1. The van der Waals surface area contributed by atoms with Gasteiger partial charge in [-0.25, -0.2) is 14.2 Å². The lowest BCUT2D eigenvalue weighted by Crippen LogP contribution is -2.57. The van der Waals surface area contributed by atoms with Crippen molar-refractivity contribution < 1.29 is 47.1 Å². The maximum absolute atomic E-state index is 13.8. The predicted octanol–water partition coefficient (Wildman–Crippen LogP) is 5.01. The third-order valence-electron chi connectivity index (χ3n) is 7.87. The monoisotopic (exact) mass is 666 g/mol. The minimum Gasteiger partial charge on any atom is -0.467 e. The average molecular weight is 667 g/mol. The van der Waals surface area contributed by atoms with Crippen molar-refractivity contribution in [2.24, 2.45) is 0 Å². The number of esters is 1. The zero-order valence-corrected chi connectivity index (χ0v) is 27.7. The number of carbonyl (C=O) groups excluding carboxylic acids is 3. The first kappa shape index (κ1) is 34.1. The van der Waals surface area contributed by atoms with Crippen LogP contribution in [-0.2, 0) is 45.9 Å². The second kappa shape index (κ2) is 13.9. The standard InChI is InChI=1S/C34H39N2O10P/c1-20(45-34(2,3)4)30(36-33(39)43-19-27-25-12-8-6-10-23(25)24-11-7-9-13-26(24)27)31(37)35-28(32(38)42-5)17-21-14-15-29-22(16-21)18-44-47(40,41)46-29/h6-16,20,27-28,30H,17-19H2,1-5H3,(H,35,37)(H,36,39)(H,40,41)/t20-,28+,30+/m1/s1. The second-order valence-electron chi connectivity index (χ2n) is 12.4. The van der Waals surface area contributed by atoms with Gasteiger partial charge in [0.15, 0.2) is 0 Å². The van der Waals surface area contributed by atoms with Crippen LogP contribution in [0.3, 0.4) is 0 Å². The number of phosphoric ester groups is 1. The van der Waals surface area contributed by atoms with E-state index in [2.05, 4.69) is 10.6 Å². The highest BCUT2D eigenvalue weighted by Crippen LogP contribution is 2.50. The number of rotatable bonds is 10. The number of alkyl carbamates (subject to hydrolysis) is 1. The van der Waals surface area contributed by atoms with Crippen LogP contribution in [0, 0.1) is 0 Å². The normalized spacial score (nSPS) is 18.8. The van der Waals surface area contributed by atoms with Crippen molar-refractivity contribution in [2.45, 2.75) is 70.4 Å². The molecule has 0 aromatic heterocycles. The van der Waals surface area contributed by atoms with Crippen LogP contribution in [0.5, 0.6) is 5.75 Å². The van der Waals surface area contributed by atoms with E-state index >= 15 is 0 Å². The van der Waals surface area contributed by atoms with Gasteiger partial charge in [-0.1, -0.05) is 54.6 Å². The summed E-state index contributed by atoms with van der Waals surface area (Å²) in [5.41, 5.74) is 4.71. The number of fused-ring (bicyclic) bond motifs is 4. The Morgan fingerprint density at radius 3 is 2.26 bits per heavy atom. The van der Waals surface area contributed by atoms with Gasteiger partial charge in [0.2, 0.25) is 5.91 Å². The van der Waals surface area contributed by atoms with E-state index in [-0.39, 0.29) is 31.3 Å². The van der Waals surface area contributed by atoms with Crippen molar-refractivity contribution in [1.29, 1.82) is 0 Å². The molecule has 1 aliphatic carbocycles. The van der Waals surface area contributed by atoms with Crippen LogP contribution in [-0.4, -0.2) is 60.4 Å². The fourth-order valence-electron chi connectivity index (χ4n) is 5.88. The van der Waals surface area contributed by atoms with Gasteiger partial charge in [0.1, 0.15) is 24.4 Å². The van der Waals surface area contributed by atoms with E-state index in [1.54, 1.807) is 19.1 Å². The van der Waals surface area contributed by atoms with Gasteiger partial charge in [-0.15, -0.1) is 0 Å². The zero-order chi connectivity index (χ0) is 33.9. The molecule has 0 bridgehead atoms. The van der Waals surface area contributed by atoms with Crippen LogP contribution < -0.4 is 15.2 Å². The fraction of sp³-hybridized carbons (Fsp3) is 0.382. The minimum absolute atomic E-state index is 0.00858. The molecule has 1 unspecified atom stereocenters. The molecule has 3 aromatic carbocycles. The molecule has 0 saturated heterocycles. The number of hydrogen-bond donors (Lipinski definition) is 3. The summed E-state index contributed by atoms with van der Waals surface area (Å²) in [6.07, 6.45) is -1.63. The predicted molar refractivity (Wildman–Crippen MR) is 172 cm³/mol. The molecule has 250 valence electrons. The fourth-order valence-corrected chi connectivity index (χ4v) is 6.67. The van der Waals surface area contributed by atoms with Crippen LogP contribution in [0.1, 0.15) is 55.9 Å². The third-order valence-corrected chi connectivity index (χ3v) is 8.75. The number of benzene rings is 3. The lowest BCUT2D eigenvalue weighted by Gasteiger charge is -2.31. The Hall–Kier alpha value is -4.22. The number of phosphoric acid groups is 1. The van der Waals surface area contributed by atoms with Crippen molar-refractivity contribution in [3.05, 3.63) is 89.0 Å². The van der Waals surface area contributed by atoms with Crippen molar-refractivity contribution in [3.63, 3.8) is 0 Å². The summed E-state index contributed by atoms with van der Waals surface area (Å²) in [5, 5.41) is 5.35. The van der Waals surface area contributed by atoms with Gasteiger partial charge in [-0.2, -0.15) is 0 Å². The number of nitrogens with one attached hydrogen (secondary N) is 2. The summed E-state index contributed by atoms with van der Waals surface area (Å²) in [6.45, 7) is 6.99. The molecule has 5 rings (SSSR count). The van der Waals surface area contributed by atoms with Crippen LogP contribution >= 0.6 is 7.82 Å². The van der Waals surface area contributed by atoms with Gasteiger partial charge in [0.05, 0.1) is 25.4 Å². The van der Waals surface area contributed by atoms with E-state index in [0.717, 1.165) is 22.3 Å². The van der Waals surface area contributed by atoms with Gasteiger partial charge < -0.3 is 29.4 Å². The molecule has 12 nitrogen and oxygen atoms in total. The Morgan fingerprint density at radius 1 is 1.00 bits per heavy atom. The Kier molecular flexibility index (Phi) is 10.1. The van der Waals surface area contributed by atoms with Gasteiger partial charge >= 0.3 is 19.9 Å². The second-order valence-corrected chi connectivity index (χ2v) is 13.8. The molecule has 47 heavy (non-hydrogen) atoms. The molecule has 1 aliphatic heterocycles. The zero-order valence-electron chi connectivity index (χ0n) is 26.9. The van der Waals surface area contributed by atoms with Gasteiger partial charge in [0.25, 0.3) is 0 Å². The Balaban J connectivity index is 1.30. The summed E-state index contributed by atoms with van der Waals surface area (Å²) < 4.78 is 38.3. The SMILES string of the molecule is COC(=O)[C@H](Cc1ccc2c(c1)COP(=O)(O)O2)NC(=O)[C@@H](NC(=O)OCC1c2ccccc2-c2ccccc21)[C@@H](C)OC(C)(C)C. The smallest absolute Gasteiger partial charge is 0.467 e. The molecule has 2 amide bonds. The quantitative estimate of drug-likeness (QED) is 0.198. The third kappa shape index (κ3) is 8.20. The first-order valence-electron chi connectivity index (χ1n) is 15.2. The minimum atomic E-state index is -4.18. The van der Waals surface area contributed by atoms with E-state index in [9.17, 15) is 23.8 Å². The largest absolute Gasteiger partial charge is 0.527 e. The average Bonchev–Trinajstić information content (AvgIpc) is 3.34. The number of hydrogen-bond acceptors (Lipinski definition) is 9. The Morgan fingerprint density at radius 2 is 1.64 bits per heavy atom. The van der Waals surface area contributed by atoms with E-state index < -0.39 is 49.6 Å². The molecule has 0 saturated carbocycles. The van der Waals surface area contributed by atoms with Gasteiger partial charge in [-0.05, 0) is 67.6 Å². The van der Waals surface area contributed by atoms with Crippen molar-refractivity contribution in [2.75, 3.05) is 13.7 Å². The summed E-state index contributed by atoms with van der Waals surface area (Å²) in [4.78, 5) is 49.4. The molecule has 13 heteroatoms. The van der Waals surface area contributed by atoms with Crippen LogP contribution in [0.25, 0.3) is 11.1 Å². The van der Waals surface area contributed by atoms with Gasteiger partial charge in [0, 0.05) is 17.9 Å². The Bertz CT molecular complexity index is 1660. The van der Waals surface area contributed by atoms with E-state index in [0.29, 0.717) is 11.1 Å². The summed E-state index contributed by atoms with van der Waals surface area (Å²) in [5.74, 6) is -1.39. The molecule has 4 atom stereocenters. The lowest BCUT2D eigenvalue weighted by molar-refractivity contribution is -0.146. The molecule has 1 heterocycles. The summed E-state index contributed by atoms with van der Waals surface area (Å²) >= 11 is 0. The first-order valence-corrected chi connectivity index (χ1v) is 16.7. The molecule has 0 radical (unpaired) electrons. The van der Waals surface area contributed by atoms with E-state index in [4.69, 9.17) is 23.3 Å². The molecule has 0 spiro atoms. The lowest BCUT2D eigenvalue weighted by atomic mass is 9.98. The molecule has 2 aliphatic rings. The highest BCUT2D eigenvalue weighted by Gasteiger charge is 2.36. The van der Waals surface area contributed by atoms with Crippen molar-refractivity contribution >= 4 is 25.8 Å². The number of ether oxygens (including phenoxy) is 3. The van der Waals surface area contributed by atoms with Gasteiger partial charge in [-0.3, -0.25) is 14.2 Å². The number of amides is 2. The van der Waals surface area contributed by atoms with Crippen LogP contribution in [0.4, 0.5) is 4.79 Å². The first-order chi connectivity index (χ1) is 22.2. The van der Waals surface area contributed by atoms with E-state index in [1.165, 1.54) is 13.2 Å². The van der Waals surface area contributed by atoms with Crippen LogP contribution in [0.2, 0.25) is 0 Å². The summed E-state index contributed by atoms with van der Waals surface area (Å²) in [7, 11) is -2.98. The highest BCUT2D eigenvalue weighted by molar-refractivity contribution is 7.47. The van der Waals surface area contributed by atoms with Crippen molar-refractivity contribution in [3.8, 4) is 16.9 Å². The summed E-state index contributed by atoms with van der Waals surface area (Å²) in [6, 6.07) is 18.3. The topological polar surface area (TPSA) is 159 Å². The van der Waals surface area contributed by atoms with Crippen molar-refractivity contribution in [1.82, 2.24) is 10.6 Å². The molecule has 0 fully saturated rings. The number of carbonyl (C=O) groups is 3. The molecular weight excluding hydrogens is 627 g/mol. The molecule has 3 aromatic rings. The van der Waals surface area contributed by atoms with E-state index in [1.807, 2.05) is 69.3 Å². The van der Waals surface area contributed by atoms with Crippen LogP contribution in [0.15, 0.2) is 66.7 Å². The maximum atomic E-state index is 13.8. The Labute approximate surface area is 273 Å².